The first-order valence-electron chi connectivity index (χ1n) is 10.1. The Morgan fingerprint density at radius 1 is 1.10 bits per heavy atom. The molecule has 0 aliphatic carbocycles. The van der Waals surface area contributed by atoms with E-state index < -0.39 is 0 Å². The van der Waals surface area contributed by atoms with Crippen LogP contribution in [0.25, 0.3) is 21.3 Å². The van der Waals surface area contributed by atoms with Gasteiger partial charge in [-0.15, -0.1) is 11.3 Å². The summed E-state index contributed by atoms with van der Waals surface area (Å²) in [7, 11) is 0. The first-order valence-corrected chi connectivity index (χ1v) is 12.0. The molecule has 0 atom stereocenters. The number of thiophene rings is 1. The molecular formula is C24H23N3O2S2. The number of amides is 1. The van der Waals surface area contributed by atoms with Gasteiger partial charge in [-0.2, -0.15) is 0 Å². The highest BCUT2D eigenvalue weighted by Gasteiger charge is 2.13. The summed E-state index contributed by atoms with van der Waals surface area (Å²) < 4.78 is 0. The molecule has 1 amide bonds. The van der Waals surface area contributed by atoms with E-state index in [9.17, 15) is 9.59 Å². The van der Waals surface area contributed by atoms with Crippen molar-refractivity contribution in [3.8, 4) is 11.1 Å². The molecule has 4 rings (SSSR count). The second kappa shape index (κ2) is 9.49. The van der Waals surface area contributed by atoms with Gasteiger partial charge < -0.3 is 10.3 Å². The summed E-state index contributed by atoms with van der Waals surface area (Å²) in [6.45, 7) is 3.98. The van der Waals surface area contributed by atoms with Crippen LogP contribution >= 0.6 is 23.1 Å². The number of hydrogen-bond donors (Lipinski definition) is 2. The first kappa shape index (κ1) is 21.3. The number of benzene rings is 2. The van der Waals surface area contributed by atoms with Crippen LogP contribution in [0.15, 0.2) is 63.9 Å². The monoisotopic (exact) mass is 449 g/mol. The number of aromatic amines is 1. The highest BCUT2D eigenvalue weighted by Crippen LogP contribution is 2.31. The quantitative estimate of drug-likeness (QED) is 0.213. The molecule has 0 aliphatic heterocycles. The lowest BCUT2D eigenvalue weighted by molar-refractivity contribution is -0.116. The van der Waals surface area contributed by atoms with Crippen LogP contribution in [0.4, 0.5) is 5.69 Å². The second-order valence-electron chi connectivity index (χ2n) is 7.33. The van der Waals surface area contributed by atoms with Crippen molar-refractivity contribution < 1.29 is 4.79 Å². The van der Waals surface area contributed by atoms with Crippen molar-refractivity contribution in [2.24, 2.45) is 0 Å². The van der Waals surface area contributed by atoms with E-state index in [0.717, 1.165) is 32.8 Å². The second-order valence-corrected chi connectivity index (χ2v) is 9.28. The third-order valence-corrected chi connectivity index (χ3v) is 6.87. The van der Waals surface area contributed by atoms with Crippen LogP contribution in [0.5, 0.6) is 0 Å². The van der Waals surface area contributed by atoms with Crippen LogP contribution < -0.4 is 10.9 Å². The van der Waals surface area contributed by atoms with Gasteiger partial charge in [0.1, 0.15) is 4.83 Å². The van der Waals surface area contributed by atoms with Crippen LogP contribution in [-0.4, -0.2) is 21.6 Å². The molecule has 0 saturated carbocycles. The van der Waals surface area contributed by atoms with Gasteiger partial charge in [-0.25, -0.2) is 4.98 Å². The molecule has 31 heavy (non-hydrogen) atoms. The van der Waals surface area contributed by atoms with Crippen molar-refractivity contribution in [3.05, 3.63) is 75.4 Å². The van der Waals surface area contributed by atoms with E-state index >= 15 is 0 Å². The molecule has 0 spiro atoms. The molecule has 0 fully saturated rings. The van der Waals surface area contributed by atoms with E-state index in [-0.39, 0.29) is 11.5 Å². The molecule has 7 heteroatoms. The Kier molecular flexibility index (Phi) is 6.53. The fourth-order valence-electron chi connectivity index (χ4n) is 3.44. The number of nitrogens with zero attached hydrogens (tertiary/aromatic N) is 1. The van der Waals surface area contributed by atoms with Crippen molar-refractivity contribution in [1.82, 2.24) is 9.97 Å². The summed E-state index contributed by atoms with van der Waals surface area (Å²) in [5.41, 5.74) is 4.81. The van der Waals surface area contributed by atoms with Gasteiger partial charge in [-0.3, -0.25) is 9.59 Å². The maximum absolute atomic E-state index is 12.7. The number of hydrogen-bond acceptors (Lipinski definition) is 5. The number of H-pyrrole nitrogens is 1. The predicted octanol–water partition coefficient (Wildman–Crippen LogP) is 5.78. The summed E-state index contributed by atoms with van der Waals surface area (Å²) in [5.74, 6) is 0.701. The Hall–Kier alpha value is -2.90. The number of carbonyl (C=O) groups is 1. The SMILES string of the molecule is Cc1cccc(C)c1NC(=O)CCCSc1nc2scc(-c3ccccc3)c2c(=O)[nH]1. The Bertz CT molecular complexity index is 1260. The number of anilines is 1. The molecule has 0 unspecified atom stereocenters. The third kappa shape index (κ3) is 4.89. The lowest BCUT2D eigenvalue weighted by atomic mass is 10.1. The van der Waals surface area contributed by atoms with Crippen molar-refractivity contribution in [2.45, 2.75) is 31.8 Å². The van der Waals surface area contributed by atoms with E-state index in [1.807, 2.05) is 67.8 Å². The van der Waals surface area contributed by atoms with E-state index in [4.69, 9.17) is 0 Å². The van der Waals surface area contributed by atoms with Crippen LogP contribution in [0.2, 0.25) is 0 Å². The zero-order valence-electron chi connectivity index (χ0n) is 17.4. The minimum absolute atomic E-state index is 0.000615. The van der Waals surface area contributed by atoms with Crippen LogP contribution in [-0.2, 0) is 4.79 Å². The van der Waals surface area contributed by atoms with Gasteiger partial charge in [0.2, 0.25) is 5.91 Å². The largest absolute Gasteiger partial charge is 0.326 e. The van der Waals surface area contributed by atoms with Gasteiger partial charge in [-0.05, 0) is 37.0 Å². The normalized spacial score (nSPS) is 11.0. The van der Waals surface area contributed by atoms with Gasteiger partial charge in [0.05, 0.1) is 5.39 Å². The average Bonchev–Trinajstić information content (AvgIpc) is 3.19. The molecule has 0 saturated heterocycles. The maximum Gasteiger partial charge on any atom is 0.260 e. The lowest BCUT2D eigenvalue weighted by Gasteiger charge is -2.11. The molecule has 158 valence electrons. The van der Waals surface area contributed by atoms with Crippen LogP contribution in [0.1, 0.15) is 24.0 Å². The summed E-state index contributed by atoms with van der Waals surface area (Å²) >= 11 is 2.95. The molecule has 0 aliphatic rings. The van der Waals surface area contributed by atoms with E-state index in [0.29, 0.717) is 29.1 Å². The maximum atomic E-state index is 12.7. The summed E-state index contributed by atoms with van der Waals surface area (Å²) in [5, 5.41) is 6.21. The zero-order valence-corrected chi connectivity index (χ0v) is 19.0. The van der Waals surface area contributed by atoms with Gasteiger partial charge in [-0.1, -0.05) is 60.3 Å². The molecule has 5 nitrogen and oxygen atoms in total. The van der Waals surface area contributed by atoms with Crippen molar-refractivity contribution >= 4 is 44.9 Å². The first-order chi connectivity index (χ1) is 15.0. The lowest BCUT2D eigenvalue weighted by Crippen LogP contribution is -2.13. The molecule has 2 aromatic carbocycles. The predicted molar refractivity (Wildman–Crippen MR) is 130 cm³/mol. The number of aryl methyl sites for hydroxylation is 2. The number of thioether (sulfide) groups is 1. The average molecular weight is 450 g/mol. The minimum atomic E-state index is -0.125. The number of rotatable bonds is 7. The minimum Gasteiger partial charge on any atom is -0.326 e. The topological polar surface area (TPSA) is 74.8 Å². The summed E-state index contributed by atoms with van der Waals surface area (Å²) in [6, 6.07) is 15.8. The highest BCUT2D eigenvalue weighted by molar-refractivity contribution is 7.99. The smallest absolute Gasteiger partial charge is 0.260 e. The molecule has 0 radical (unpaired) electrons. The molecule has 0 bridgehead atoms. The number of para-hydroxylation sites is 1. The Labute approximate surface area is 188 Å². The molecule has 2 heterocycles. The Morgan fingerprint density at radius 3 is 2.58 bits per heavy atom. The van der Waals surface area contributed by atoms with E-state index in [1.165, 1.54) is 23.1 Å². The molecular weight excluding hydrogens is 426 g/mol. The number of carbonyl (C=O) groups excluding carboxylic acids is 1. The van der Waals surface area contributed by atoms with Gasteiger partial charge in [0.15, 0.2) is 5.16 Å². The Balaban J connectivity index is 1.37. The molecule has 2 aromatic heterocycles. The standard InChI is InChI=1S/C24H23N3O2S2/c1-15-8-6-9-16(2)21(15)25-19(28)12-7-13-30-24-26-22(29)20-18(14-31-23(20)27-24)17-10-4-3-5-11-17/h3-6,8-11,14H,7,12-13H2,1-2H3,(H,25,28)(H,26,27,29). The van der Waals surface area contributed by atoms with Gasteiger partial charge in [0.25, 0.3) is 5.56 Å². The van der Waals surface area contributed by atoms with E-state index in [1.54, 1.807) is 0 Å². The highest BCUT2D eigenvalue weighted by atomic mass is 32.2. The summed E-state index contributed by atoms with van der Waals surface area (Å²) in [4.78, 5) is 33.2. The van der Waals surface area contributed by atoms with Crippen molar-refractivity contribution in [1.29, 1.82) is 0 Å². The Morgan fingerprint density at radius 2 is 1.84 bits per heavy atom. The van der Waals surface area contributed by atoms with Crippen LogP contribution in [0.3, 0.4) is 0 Å². The number of nitrogens with one attached hydrogen (secondary N) is 2. The van der Waals surface area contributed by atoms with Crippen molar-refractivity contribution in [2.75, 3.05) is 11.1 Å². The summed E-state index contributed by atoms with van der Waals surface area (Å²) in [6.07, 6.45) is 1.12. The van der Waals surface area contributed by atoms with Gasteiger partial charge >= 0.3 is 0 Å². The molecule has 4 aromatic rings. The fraction of sp³-hybridized carbons (Fsp3) is 0.208. The van der Waals surface area contributed by atoms with Gasteiger partial charge in [0, 0.05) is 28.8 Å². The van der Waals surface area contributed by atoms with E-state index in [2.05, 4.69) is 15.3 Å². The molecule has 2 N–H and O–H groups in total. The number of fused-ring (bicyclic) bond motifs is 1. The fourth-order valence-corrected chi connectivity index (χ4v) is 5.25. The van der Waals surface area contributed by atoms with Crippen LogP contribution in [0, 0.1) is 13.8 Å². The third-order valence-electron chi connectivity index (χ3n) is 5.04. The van der Waals surface area contributed by atoms with Crippen molar-refractivity contribution in [3.63, 3.8) is 0 Å². The zero-order chi connectivity index (χ0) is 21.8. The number of aromatic nitrogens is 2.